The monoisotopic (exact) mass is 397 g/mol. The smallest absolute Gasteiger partial charge is 0.310 e. The molecule has 1 N–H and O–H groups in total. The van der Waals surface area contributed by atoms with Crippen LogP contribution in [0.5, 0.6) is 11.5 Å². The molecule has 6 nitrogen and oxygen atoms in total. The molecule has 1 amide bonds. The molecule has 0 radical (unpaired) electrons. The van der Waals surface area contributed by atoms with E-state index in [4.69, 9.17) is 37.4 Å². The highest BCUT2D eigenvalue weighted by atomic mass is 35.5. The highest BCUT2D eigenvalue weighted by molar-refractivity contribution is 6.35. The number of rotatable bonds is 7. The van der Waals surface area contributed by atoms with Gasteiger partial charge in [-0.25, -0.2) is 0 Å². The summed E-state index contributed by atoms with van der Waals surface area (Å²) in [5.74, 6) is -0.0572. The van der Waals surface area contributed by atoms with Crippen molar-refractivity contribution < 1.29 is 23.8 Å². The minimum absolute atomic E-state index is 0.0604. The molecule has 138 valence electrons. The molecule has 8 heteroatoms. The third kappa shape index (κ3) is 5.54. The number of carbonyl (C=O) groups is 2. The zero-order valence-electron chi connectivity index (χ0n) is 14.2. The van der Waals surface area contributed by atoms with Crippen LogP contribution < -0.4 is 14.8 Å². The van der Waals surface area contributed by atoms with Crippen LogP contribution in [0.15, 0.2) is 36.4 Å². The number of anilines is 1. The van der Waals surface area contributed by atoms with Crippen LogP contribution in [0, 0.1) is 0 Å². The summed E-state index contributed by atoms with van der Waals surface area (Å²) in [5, 5.41) is 3.45. The van der Waals surface area contributed by atoms with E-state index in [-0.39, 0.29) is 6.42 Å². The Morgan fingerprint density at radius 3 is 2.46 bits per heavy atom. The molecule has 0 saturated heterocycles. The number of amides is 1. The van der Waals surface area contributed by atoms with Gasteiger partial charge in [0.25, 0.3) is 5.91 Å². The van der Waals surface area contributed by atoms with Crippen LogP contribution >= 0.6 is 23.2 Å². The second kappa shape index (κ2) is 9.31. The van der Waals surface area contributed by atoms with Crippen molar-refractivity contribution in [3.63, 3.8) is 0 Å². The van der Waals surface area contributed by atoms with Gasteiger partial charge in [0, 0.05) is 16.1 Å². The number of esters is 1. The minimum atomic E-state index is -0.578. The largest absolute Gasteiger partial charge is 0.497 e. The lowest BCUT2D eigenvalue weighted by Gasteiger charge is -2.12. The molecule has 2 aromatic carbocycles. The lowest BCUT2D eigenvalue weighted by atomic mass is 10.1. The molecule has 0 aliphatic heterocycles. The van der Waals surface area contributed by atoms with E-state index in [0.717, 1.165) is 0 Å². The van der Waals surface area contributed by atoms with Gasteiger partial charge >= 0.3 is 5.97 Å². The van der Waals surface area contributed by atoms with Gasteiger partial charge in [-0.15, -0.1) is 0 Å². The fourth-order valence-electron chi connectivity index (χ4n) is 2.11. The Hall–Kier alpha value is -2.44. The zero-order valence-corrected chi connectivity index (χ0v) is 15.7. The maximum absolute atomic E-state index is 12.0. The molecule has 0 bridgehead atoms. The molecule has 0 atom stereocenters. The molecule has 0 aromatic heterocycles. The summed E-state index contributed by atoms with van der Waals surface area (Å²) < 4.78 is 15.3. The third-order valence-corrected chi connectivity index (χ3v) is 3.98. The van der Waals surface area contributed by atoms with Crippen LogP contribution in [-0.4, -0.2) is 32.7 Å². The third-order valence-electron chi connectivity index (χ3n) is 3.40. The van der Waals surface area contributed by atoms with E-state index in [9.17, 15) is 9.59 Å². The van der Waals surface area contributed by atoms with Gasteiger partial charge in [-0.2, -0.15) is 0 Å². The number of halogens is 2. The molecule has 0 aliphatic rings. The van der Waals surface area contributed by atoms with Crippen LogP contribution in [0.25, 0.3) is 0 Å². The SMILES string of the molecule is COc1ccc(NC(=O)COC(=O)Cc2ccc(Cl)cc2Cl)c(OC)c1. The van der Waals surface area contributed by atoms with Crippen molar-refractivity contribution in [2.24, 2.45) is 0 Å². The Bertz CT molecular complexity index is 810. The standard InChI is InChI=1S/C18H17Cl2NO5/c1-24-13-5-6-15(16(9-13)25-2)21-17(22)10-26-18(23)7-11-3-4-12(19)8-14(11)20/h3-6,8-9H,7,10H2,1-2H3,(H,21,22). The van der Waals surface area contributed by atoms with Crippen LogP contribution in [0.3, 0.4) is 0 Å². The van der Waals surface area contributed by atoms with Crippen LogP contribution in [0.2, 0.25) is 10.0 Å². The van der Waals surface area contributed by atoms with E-state index in [1.54, 1.807) is 30.3 Å². The lowest BCUT2D eigenvalue weighted by molar-refractivity contribution is -0.146. The summed E-state index contributed by atoms with van der Waals surface area (Å²) >= 11 is 11.8. The van der Waals surface area contributed by atoms with Gasteiger partial charge in [-0.3, -0.25) is 9.59 Å². The molecule has 26 heavy (non-hydrogen) atoms. The summed E-state index contributed by atoms with van der Waals surface area (Å²) in [5.41, 5.74) is 1.01. The Labute approximate surface area is 160 Å². The molecule has 2 rings (SSSR count). The summed E-state index contributed by atoms with van der Waals surface area (Å²) in [6.45, 7) is -0.431. The number of methoxy groups -OCH3 is 2. The number of hydrogen-bond acceptors (Lipinski definition) is 5. The van der Waals surface area contributed by atoms with Crippen molar-refractivity contribution in [2.75, 3.05) is 26.1 Å². The summed E-state index contributed by atoms with van der Waals surface area (Å²) in [6.07, 6.45) is -0.0604. The number of nitrogens with one attached hydrogen (secondary N) is 1. The molecule has 0 fully saturated rings. The Morgan fingerprint density at radius 2 is 1.81 bits per heavy atom. The zero-order chi connectivity index (χ0) is 19.1. The minimum Gasteiger partial charge on any atom is -0.497 e. The quantitative estimate of drug-likeness (QED) is 0.720. The Kier molecular flexibility index (Phi) is 7.12. The second-order valence-electron chi connectivity index (χ2n) is 5.19. The Balaban J connectivity index is 1.89. The first-order chi connectivity index (χ1) is 12.4. The van der Waals surface area contributed by atoms with Gasteiger partial charge in [-0.1, -0.05) is 29.3 Å². The van der Waals surface area contributed by atoms with Gasteiger partial charge < -0.3 is 19.5 Å². The van der Waals surface area contributed by atoms with Crippen molar-refractivity contribution >= 4 is 40.8 Å². The predicted octanol–water partition coefficient (Wildman–Crippen LogP) is 3.74. The average Bonchev–Trinajstić information content (AvgIpc) is 2.62. The molecular formula is C18H17Cl2NO5. The first-order valence-corrected chi connectivity index (χ1v) is 8.30. The average molecular weight is 398 g/mol. The van der Waals surface area contributed by atoms with Crippen molar-refractivity contribution in [2.45, 2.75) is 6.42 Å². The van der Waals surface area contributed by atoms with E-state index in [2.05, 4.69) is 5.32 Å². The highest BCUT2D eigenvalue weighted by Gasteiger charge is 2.13. The fourth-order valence-corrected chi connectivity index (χ4v) is 2.58. The van der Waals surface area contributed by atoms with E-state index < -0.39 is 18.5 Å². The van der Waals surface area contributed by atoms with Crippen molar-refractivity contribution in [3.8, 4) is 11.5 Å². The molecule has 0 unspecified atom stereocenters. The number of carbonyl (C=O) groups excluding carboxylic acids is 2. The number of benzene rings is 2. The van der Waals surface area contributed by atoms with Gasteiger partial charge in [-0.05, 0) is 29.8 Å². The van der Waals surface area contributed by atoms with Crippen molar-refractivity contribution in [1.29, 1.82) is 0 Å². The predicted molar refractivity (Wildman–Crippen MR) is 99.3 cm³/mol. The summed E-state index contributed by atoms with van der Waals surface area (Å²) in [4.78, 5) is 23.9. The second-order valence-corrected chi connectivity index (χ2v) is 6.03. The molecule has 2 aromatic rings. The normalized spacial score (nSPS) is 10.2. The van der Waals surface area contributed by atoms with E-state index in [1.165, 1.54) is 20.3 Å². The molecular weight excluding hydrogens is 381 g/mol. The van der Waals surface area contributed by atoms with Gasteiger partial charge in [0.2, 0.25) is 0 Å². The van der Waals surface area contributed by atoms with Crippen LogP contribution in [0.1, 0.15) is 5.56 Å². The molecule has 0 aliphatic carbocycles. The molecule has 0 heterocycles. The van der Waals surface area contributed by atoms with Gasteiger partial charge in [0.1, 0.15) is 11.5 Å². The van der Waals surface area contributed by atoms with Crippen LogP contribution in [0.4, 0.5) is 5.69 Å². The van der Waals surface area contributed by atoms with Crippen molar-refractivity contribution in [3.05, 3.63) is 52.0 Å². The summed E-state index contributed by atoms with van der Waals surface area (Å²) in [6, 6.07) is 9.73. The van der Waals surface area contributed by atoms with E-state index in [1.807, 2.05) is 0 Å². The fraction of sp³-hybridized carbons (Fsp3) is 0.222. The van der Waals surface area contributed by atoms with Crippen LogP contribution in [-0.2, 0) is 20.7 Å². The first kappa shape index (κ1) is 19.9. The topological polar surface area (TPSA) is 73.9 Å². The Morgan fingerprint density at radius 1 is 1.04 bits per heavy atom. The maximum Gasteiger partial charge on any atom is 0.310 e. The number of hydrogen-bond donors (Lipinski definition) is 1. The van der Waals surface area contributed by atoms with Gasteiger partial charge in [0.05, 0.1) is 26.3 Å². The number of ether oxygens (including phenoxy) is 3. The van der Waals surface area contributed by atoms with E-state index in [0.29, 0.717) is 32.8 Å². The maximum atomic E-state index is 12.0. The molecule has 0 spiro atoms. The molecule has 0 saturated carbocycles. The summed E-state index contributed by atoms with van der Waals surface area (Å²) in [7, 11) is 3.00. The lowest BCUT2D eigenvalue weighted by Crippen LogP contribution is -2.22. The highest BCUT2D eigenvalue weighted by Crippen LogP contribution is 2.29. The van der Waals surface area contributed by atoms with Crippen molar-refractivity contribution in [1.82, 2.24) is 0 Å². The first-order valence-electron chi connectivity index (χ1n) is 7.54. The van der Waals surface area contributed by atoms with Gasteiger partial charge in [0.15, 0.2) is 6.61 Å². The van der Waals surface area contributed by atoms with E-state index >= 15 is 0 Å².